The van der Waals surface area contributed by atoms with Crippen molar-refractivity contribution >= 4 is 11.4 Å². The summed E-state index contributed by atoms with van der Waals surface area (Å²) in [5.74, 6) is -0.183. The van der Waals surface area contributed by atoms with Gasteiger partial charge in [-0.25, -0.2) is 4.39 Å². The molecule has 0 aromatic heterocycles. The molecule has 1 nitrogen and oxygen atoms in total. The standard InChI is InChI=1S/C14H14FN/c1-10-3-6-12(7-4-10)16-13-8-5-11(2)14(15)9-13/h3-9,16H,1-2H3. The lowest BCUT2D eigenvalue weighted by Gasteiger charge is -2.07. The van der Waals surface area contributed by atoms with E-state index in [0.29, 0.717) is 5.56 Å². The molecule has 0 spiro atoms. The van der Waals surface area contributed by atoms with E-state index in [0.717, 1.165) is 11.4 Å². The fourth-order valence-corrected chi connectivity index (χ4v) is 1.47. The van der Waals surface area contributed by atoms with Crippen molar-refractivity contribution in [2.24, 2.45) is 0 Å². The van der Waals surface area contributed by atoms with E-state index in [1.54, 1.807) is 13.0 Å². The predicted molar refractivity (Wildman–Crippen MR) is 65.6 cm³/mol. The van der Waals surface area contributed by atoms with Crippen LogP contribution in [0.1, 0.15) is 11.1 Å². The lowest BCUT2D eigenvalue weighted by molar-refractivity contribution is 0.619. The zero-order valence-electron chi connectivity index (χ0n) is 9.42. The maximum Gasteiger partial charge on any atom is 0.128 e. The van der Waals surface area contributed by atoms with Crippen molar-refractivity contribution in [2.45, 2.75) is 13.8 Å². The number of benzene rings is 2. The van der Waals surface area contributed by atoms with Crippen LogP contribution in [0.3, 0.4) is 0 Å². The van der Waals surface area contributed by atoms with E-state index < -0.39 is 0 Å². The summed E-state index contributed by atoms with van der Waals surface area (Å²) in [4.78, 5) is 0. The molecule has 0 saturated carbocycles. The van der Waals surface area contributed by atoms with Gasteiger partial charge in [0.25, 0.3) is 0 Å². The molecule has 2 rings (SSSR count). The Labute approximate surface area is 94.9 Å². The van der Waals surface area contributed by atoms with Crippen molar-refractivity contribution in [3.8, 4) is 0 Å². The minimum absolute atomic E-state index is 0.183. The summed E-state index contributed by atoms with van der Waals surface area (Å²) in [6.45, 7) is 3.79. The zero-order chi connectivity index (χ0) is 11.5. The number of anilines is 2. The van der Waals surface area contributed by atoms with Crippen LogP contribution in [0.2, 0.25) is 0 Å². The quantitative estimate of drug-likeness (QED) is 0.792. The third kappa shape index (κ3) is 2.40. The topological polar surface area (TPSA) is 12.0 Å². The van der Waals surface area contributed by atoms with Crippen LogP contribution in [0, 0.1) is 19.7 Å². The Morgan fingerprint density at radius 1 is 0.875 bits per heavy atom. The molecule has 0 amide bonds. The van der Waals surface area contributed by atoms with Gasteiger partial charge >= 0.3 is 0 Å². The summed E-state index contributed by atoms with van der Waals surface area (Å²) >= 11 is 0. The molecule has 0 radical (unpaired) electrons. The highest BCUT2D eigenvalue weighted by Gasteiger charge is 1.99. The largest absolute Gasteiger partial charge is 0.355 e. The lowest BCUT2D eigenvalue weighted by atomic mass is 10.2. The smallest absolute Gasteiger partial charge is 0.128 e. The summed E-state index contributed by atoms with van der Waals surface area (Å²) in [6, 6.07) is 13.2. The summed E-state index contributed by atoms with van der Waals surface area (Å²) in [7, 11) is 0. The van der Waals surface area contributed by atoms with Gasteiger partial charge in [-0.2, -0.15) is 0 Å². The number of hydrogen-bond donors (Lipinski definition) is 1. The number of hydrogen-bond acceptors (Lipinski definition) is 1. The second-order valence-corrected chi connectivity index (χ2v) is 3.95. The van der Waals surface area contributed by atoms with Crippen molar-refractivity contribution in [1.29, 1.82) is 0 Å². The van der Waals surface area contributed by atoms with Crippen LogP contribution in [-0.2, 0) is 0 Å². The van der Waals surface area contributed by atoms with Crippen LogP contribution in [0.4, 0.5) is 15.8 Å². The fourth-order valence-electron chi connectivity index (χ4n) is 1.47. The van der Waals surface area contributed by atoms with Crippen molar-refractivity contribution in [1.82, 2.24) is 0 Å². The molecule has 0 aliphatic heterocycles. The van der Waals surface area contributed by atoms with Crippen LogP contribution in [0.15, 0.2) is 42.5 Å². The van der Waals surface area contributed by atoms with Crippen LogP contribution >= 0.6 is 0 Å². The van der Waals surface area contributed by atoms with Gasteiger partial charge in [0, 0.05) is 11.4 Å². The van der Waals surface area contributed by atoms with Gasteiger partial charge in [-0.1, -0.05) is 23.8 Å². The molecule has 0 bridgehead atoms. The predicted octanol–water partition coefficient (Wildman–Crippen LogP) is 4.19. The molecule has 0 aliphatic carbocycles. The molecule has 16 heavy (non-hydrogen) atoms. The maximum atomic E-state index is 13.3. The number of aryl methyl sites for hydroxylation is 2. The van der Waals surface area contributed by atoms with Crippen molar-refractivity contribution in [3.05, 3.63) is 59.4 Å². The van der Waals surface area contributed by atoms with Gasteiger partial charge in [0.15, 0.2) is 0 Å². The highest BCUT2D eigenvalue weighted by molar-refractivity contribution is 5.60. The van der Waals surface area contributed by atoms with E-state index in [4.69, 9.17) is 0 Å². The Bertz CT molecular complexity index is 489. The van der Waals surface area contributed by atoms with E-state index in [2.05, 4.69) is 5.32 Å². The number of rotatable bonds is 2. The maximum absolute atomic E-state index is 13.3. The van der Waals surface area contributed by atoms with E-state index in [9.17, 15) is 4.39 Å². The monoisotopic (exact) mass is 215 g/mol. The third-order valence-corrected chi connectivity index (χ3v) is 2.51. The molecule has 0 atom stereocenters. The fraction of sp³-hybridized carbons (Fsp3) is 0.143. The molecule has 2 aromatic rings. The van der Waals surface area contributed by atoms with Crippen molar-refractivity contribution in [2.75, 3.05) is 5.32 Å². The van der Waals surface area contributed by atoms with Gasteiger partial charge in [0.2, 0.25) is 0 Å². The molecular formula is C14H14FN. The van der Waals surface area contributed by atoms with Gasteiger partial charge in [-0.15, -0.1) is 0 Å². The van der Waals surface area contributed by atoms with Crippen molar-refractivity contribution < 1.29 is 4.39 Å². The van der Waals surface area contributed by atoms with Crippen LogP contribution < -0.4 is 5.32 Å². The number of nitrogens with one attached hydrogen (secondary N) is 1. The molecule has 0 unspecified atom stereocenters. The Morgan fingerprint density at radius 3 is 2.12 bits per heavy atom. The van der Waals surface area contributed by atoms with Gasteiger partial charge in [0.05, 0.1) is 0 Å². The molecule has 82 valence electrons. The first kappa shape index (κ1) is 10.7. The van der Waals surface area contributed by atoms with E-state index in [1.165, 1.54) is 11.6 Å². The average molecular weight is 215 g/mol. The summed E-state index contributed by atoms with van der Waals surface area (Å²) < 4.78 is 13.3. The Morgan fingerprint density at radius 2 is 1.50 bits per heavy atom. The third-order valence-electron chi connectivity index (χ3n) is 2.51. The molecule has 0 saturated heterocycles. The SMILES string of the molecule is Cc1ccc(Nc2ccc(C)c(F)c2)cc1. The molecule has 1 N–H and O–H groups in total. The summed E-state index contributed by atoms with van der Waals surface area (Å²) in [5.41, 5.74) is 3.61. The first-order chi connectivity index (χ1) is 7.65. The summed E-state index contributed by atoms with van der Waals surface area (Å²) in [5, 5.41) is 3.16. The van der Waals surface area contributed by atoms with Crippen LogP contribution in [-0.4, -0.2) is 0 Å². The highest BCUT2D eigenvalue weighted by atomic mass is 19.1. The Hall–Kier alpha value is -1.83. The molecular weight excluding hydrogens is 201 g/mol. The minimum atomic E-state index is -0.183. The first-order valence-electron chi connectivity index (χ1n) is 5.25. The second-order valence-electron chi connectivity index (χ2n) is 3.95. The van der Waals surface area contributed by atoms with Gasteiger partial charge in [0.1, 0.15) is 5.82 Å². The highest BCUT2D eigenvalue weighted by Crippen LogP contribution is 2.19. The average Bonchev–Trinajstić information content (AvgIpc) is 2.27. The normalized spacial score (nSPS) is 10.2. The van der Waals surface area contributed by atoms with Crippen LogP contribution in [0.5, 0.6) is 0 Å². The summed E-state index contributed by atoms with van der Waals surface area (Å²) in [6.07, 6.45) is 0. The van der Waals surface area contributed by atoms with Gasteiger partial charge in [-0.05, 0) is 43.7 Å². The Balaban J connectivity index is 2.20. The lowest BCUT2D eigenvalue weighted by Crippen LogP contribution is -1.92. The van der Waals surface area contributed by atoms with Gasteiger partial charge < -0.3 is 5.32 Å². The molecule has 2 aromatic carbocycles. The van der Waals surface area contributed by atoms with Gasteiger partial charge in [-0.3, -0.25) is 0 Å². The van der Waals surface area contributed by atoms with Crippen LogP contribution in [0.25, 0.3) is 0 Å². The number of halogens is 1. The molecule has 0 fully saturated rings. The molecule has 0 heterocycles. The molecule has 2 heteroatoms. The van der Waals surface area contributed by atoms with E-state index in [-0.39, 0.29) is 5.82 Å². The Kier molecular flexibility index (Phi) is 2.91. The molecule has 0 aliphatic rings. The second kappa shape index (κ2) is 4.35. The van der Waals surface area contributed by atoms with Crippen molar-refractivity contribution in [3.63, 3.8) is 0 Å². The van der Waals surface area contributed by atoms with E-state index >= 15 is 0 Å². The van der Waals surface area contributed by atoms with E-state index in [1.807, 2.05) is 37.3 Å². The zero-order valence-corrected chi connectivity index (χ0v) is 9.42. The first-order valence-corrected chi connectivity index (χ1v) is 5.25. The minimum Gasteiger partial charge on any atom is -0.355 e.